The van der Waals surface area contributed by atoms with Crippen LogP contribution < -0.4 is 15.1 Å². The molecule has 3 aromatic rings. The van der Waals surface area contributed by atoms with E-state index in [4.69, 9.17) is 0 Å². The Morgan fingerprint density at radius 2 is 1.89 bits per heavy atom. The van der Waals surface area contributed by atoms with Crippen LogP contribution in [0.15, 0.2) is 60.8 Å². The minimum absolute atomic E-state index is 0.223. The van der Waals surface area contributed by atoms with Gasteiger partial charge in [-0.05, 0) is 62.8 Å². The number of aryl methyl sites for hydroxylation is 1. The number of nitrogens with zero attached hydrogens (tertiary/aromatic N) is 4. The van der Waals surface area contributed by atoms with Gasteiger partial charge in [-0.15, -0.1) is 0 Å². The molecule has 1 saturated heterocycles. The number of piperidine rings is 1. The van der Waals surface area contributed by atoms with Gasteiger partial charge in [0.15, 0.2) is 0 Å². The standard InChI is InChI=1S/C28H33BFN5O2/c1-20-7-6-10-24(30)27(20)35-19-23-17-32-26(31-16-21-8-4-3-5-9-21)15-25(23)34(28(35)36)18-22-11-13-33(14-12-22)29(2)37/h3-10,15,17,22,37H,11-14,16,18-19H2,1-2H3,(H,31,32). The third kappa shape index (κ3) is 5.48. The number of pyridine rings is 1. The molecule has 9 heteroatoms. The second-order valence-corrected chi connectivity index (χ2v) is 10.0. The van der Waals surface area contributed by atoms with Crippen LogP contribution in [0.2, 0.25) is 6.82 Å². The van der Waals surface area contributed by atoms with Crippen LogP contribution in [0.3, 0.4) is 0 Å². The van der Waals surface area contributed by atoms with Gasteiger partial charge in [0.05, 0.1) is 17.9 Å². The van der Waals surface area contributed by atoms with Crippen molar-refractivity contribution < 1.29 is 14.2 Å². The van der Waals surface area contributed by atoms with Crippen molar-refractivity contribution in [2.45, 2.75) is 39.7 Å². The molecule has 1 aromatic heterocycles. The van der Waals surface area contributed by atoms with Gasteiger partial charge in [0.25, 0.3) is 0 Å². The van der Waals surface area contributed by atoms with Gasteiger partial charge in [0.2, 0.25) is 0 Å². The van der Waals surface area contributed by atoms with Gasteiger partial charge in [0.1, 0.15) is 11.6 Å². The summed E-state index contributed by atoms with van der Waals surface area (Å²) in [5, 5.41) is 13.3. The summed E-state index contributed by atoms with van der Waals surface area (Å²) in [6.07, 6.45) is 3.56. The summed E-state index contributed by atoms with van der Waals surface area (Å²) in [6, 6.07) is 16.7. The molecule has 0 radical (unpaired) electrons. The van der Waals surface area contributed by atoms with Gasteiger partial charge in [-0.25, -0.2) is 14.2 Å². The van der Waals surface area contributed by atoms with Crippen LogP contribution in [0.1, 0.15) is 29.5 Å². The molecule has 2 amide bonds. The minimum atomic E-state index is -0.470. The third-order valence-corrected chi connectivity index (χ3v) is 7.44. The van der Waals surface area contributed by atoms with Crippen molar-refractivity contribution in [3.8, 4) is 0 Å². The molecule has 192 valence electrons. The molecule has 0 unspecified atom stereocenters. The molecule has 0 saturated carbocycles. The van der Waals surface area contributed by atoms with Gasteiger partial charge >= 0.3 is 13.1 Å². The second kappa shape index (κ2) is 10.9. The monoisotopic (exact) mass is 501 g/mol. The number of rotatable bonds is 7. The summed E-state index contributed by atoms with van der Waals surface area (Å²) in [5.41, 5.74) is 3.88. The highest BCUT2D eigenvalue weighted by atomic mass is 19.1. The van der Waals surface area contributed by atoms with E-state index in [0.29, 0.717) is 24.6 Å². The SMILES string of the molecule is CB(O)N1CCC(CN2C(=O)N(c3c(C)cccc3F)Cc3cnc(NCc4ccccc4)cc32)CC1. The van der Waals surface area contributed by atoms with Crippen LogP contribution in [-0.2, 0) is 13.1 Å². The fourth-order valence-electron chi connectivity index (χ4n) is 5.30. The third-order valence-electron chi connectivity index (χ3n) is 7.44. The van der Waals surface area contributed by atoms with E-state index in [1.807, 2.05) is 42.1 Å². The van der Waals surface area contributed by atoms with Gasteiger partial charge in [-0.2, -0.15) is 0 Å². The van der Waals surface area contributed by atoms with Crippen LogP contribution in [-0.4, -0.2) is 47.5 Å². The Morgan fingerprint density at radius 3 is 2.59 bits per heavy atom. The molecule has 0 spiro atoms. The average Bonchev–Trinajstić information content (AvgIpc) is 2.90. The molecule has 2 aromatic carbocycles. The van der Waals surface area contributed by atoms with Crippen LogP contribution in [0.25, 0.3) is 0 Å². The fourth-order valence-corrected chi connectivity index (χ4v) is 5.30. The number of fused-ring (bicyclic) bond motifs is 1. The Kier molecular flexibility index (Phi) is 7.44. The van der Waals surface area contributed by atoms with Crippen molar-refractivity contribution in [3.63, 3.8) is 0 Å². The van der Waals surface area contributed by atoms with Crippen LogP contribution in [0.5, 0.6) is 0 Å². The zero-order valence-corrected chi connectivity index (χ0v) is 21.4. The molecule has 0 atom stereocenters. The normalized spacial score (nSPS) is 16.6. The van der Waals surface area contributed by atoms with E-state index in [9.17, 15) is 14.2 Å². The maximum Gasteiger partial charge on any atom is 0.376 e. The Bertz CT molecular complexity index is 1230. The number of hydrogen-bond donors (Lipinski definition) is 2. The Hall–Kier alpha value is -3.43. The number of benzene rings is 2. The van der Waals surface area contributed by atoms with Crippen LogP contribution in [0.4, 0.5) is 26.4 Å². The van der Waals surface area contributed by atoms with Crippen molar-refractivity contribution in [2.24, 2.45) is 5.92 Å². The number of nitrogens with one attached hydrogen (secondary N) is 1. The number of aromatic nitrogens is 1. The summed E-state index contributed by atoms with van der Waals surface area (Å²) < 4.78 is 14.9. The van der Waals surface area contributed by atoms with Gasteiger partial charge in [-0.1, -0.05) is 42.5 Å². The predicted octanol–water partition coefficient (Wildman–Crippen LogP) is 4.91. The summed E-state index contributed by atoms with van der Waals surface area (Å²) in [6.45, 7) is 6.60. The first kappa shape index (κ1) is 25.2. The quantitative estimate of drug-likeness (QED) is 0.451. The van der Waals surface area contributed by atoms with Crippen molar-refractivity contribution in [3.05, 3.63) is 83.3 Å². The van der Waals surface area contributed by atoms with Gasteiger partial charge in [-0.3, -0.25) is 9.80 Å². The molecule has 2 aliphatic rings. The number of anilines is 3. The number of hydrogen-bond acceptors (Lipinski definition) is 5. The molecule has 2 aliphatic heterocycles. The molecular formula is C28H33BFN5O2. The largest absolute Gasteiger partial charge is 0.437 e. The highest BCUT2D eigenvalue weighted by molar-refractivity contribution is 6.45. The number of halogens is 1. The lowest BCUT2D eigenvalue weighted by Gasteiger charge is -2.41. The highest BCUT2D eigenvalue weighted by Gasteiger charge is 2.36. The first-order valence-corrected chi connectivity index (χ1v) is 12.9. The first-order valence-electron chi connectivity index (χ1n) is 12.9. The zero-order valence-electron chi connectivity index (χ0n) is 21.4. The summed E-state index contributed by atoms with van der Waals surface area (Å²) in [5.74, 6) is 0.568. The van der Waals surface area contributed by atoms with Crippen molar-refractivity contribution in [2.75, 3.05) is 34.8 Å². The Morgan fingerprint density at radius 1 is 1.14 bits per heavy atom. The smallest absolute Gasteiger partial charge is 0.376 e. The van der Waals surface area contributed by atoms with Crippen molar-refractivity contribution in [1.29, 1.82) is 0 Å². The molecule has 3 heterocycles. The summed E-state index contributed by atoms with van der Waals surface area (Å²) >= 11 is 0. The summed E-state index contributed by atoms with van der Waals surface area (Å²) in [4.78, 5) is 23.9. The lowest BCUT2D eigenvalue weighted by molar-refractivity contribution is 0.236. The minimum Gasteiger partial charge on any atom is -0.437 e. The number of para-hydroxylation sites is 1. The molecule has 0 aliphatic carbocycles. The van der Waals surface area contributed by atoms with Gasteiger partial charge < -0.3 is 15.2 Å². The molecule has 1 fully saturated rings. The second-order valence-electron chi connectivity index (χ2n) is 10.0. The molecular weight excluding hydrogens is 468 g/mol. The lowest BCUT2D eigenvalue weighted by atomic mass is 9.81. The Labute approximate surface area is 218 Å². The number of amides is 2. The summed E-state index contributed by atoms with van der Waals surface area (Å²) in [7, 11) is -0.470. The molecule has 2 N–H and O–H groups in total. The average molecular weight is 501 g/mol. The number of carbonyl (C=O) groups is 1. The van der Waals surface area contributed by atoms with E-state index in [1.165, 1.54) is 11.0 Å². The number of carbonyl (C=O) groups excluding carboxylic acids is 1. The molecule has 5 rings (SSSR count). The molecule has 7 nitrogen and oxygen atoms in total. The molecule has 37 heavy (non-hydrogen) atoms. The fraction of sp³-hybridized carbons (Fsp3) is 0.357. The van der Waals surface area contributed by atoms with E-state index in [-0.39, 0.29) is 18.5 Å². The van der Waals surface area contributed by atoms with E-state index >= 15 is 0 Å². The van der Waals surface area contributed by atoms with E-state index < -0.39 is 12.9 Å². The Balaban J connectivity index is 1.44. The maximum absolute atomic E-state index is 14.9. The van der Waals surface area contributed by atoms with Crippen molar-refractivity contribution >= 4 is 30.3 Å². The maximum atomic E-state index is 14.9. The van der Waals surface area contributed by atoms with Crippen LogP contribution >= 0.6 is 0 Å². The lowest BCUT2D eigenvalue weighted by Crippen LogP contribution is -2.51. The molecule has 0 bridgehead atoms. The van der Waals surface area contributed by atoms with E-state index in [0.717, 1.165) is 48.3 Å². The predicted molar refractivity (Wildman–Crippen MR) is 146 cm³/mol. The van der Waals surface area contributed by atoms with E-state index in [2.05, 4.69) is 22.4 Å². The first-order chi connectivity index (χ1) is 17.9. The van der Waals surface area contributed by atoms with Gasteiger partial charge in [0, 0.05) is 30.9 Å². The highest BCUT2D eigenvalue weighted by Crippen LogP contribution is 2.36. The number of urea groups is 1. The zero-order chi connectivity index (χ0) is 25.9. The van der Waals surface area contributed by atoms with E-state index in [1.54, 1.807) is 24.0 Å². The van der Waals surface area contributed by atoms with Crippen molar-refractivity contribution in [1.82, 2.24) is 9.79 Å². The van der Waals surface area contributed by atoms with Crippen LogP contribution in [0, 0.1) is 18.7 Å². The topological polar surface area (TPSA) is 71.9 Å².